The third-order valence-corrected chi connectivity index (χ3v) is 16.9. The van der Waals surface area contributed by atoms with Gasteiger partial charge in [0.25, 0.3) is 23.6 Å². The smallest absolute Gasteiger partial charge is 0.287 e. The molecule has 5 aliphatic rings. The number of ether oxygens (including phenoxy) is 1. The molecule has 3 aliphatic heterocycles. The number of nitrogens with one attached hydrogen (secondary N) is 3. The van der Waals surface area contributed by atoms with Crippen molar-refractivity contribution in [3.8, 4) is 5.88 Å². The zero-order valence-corrected chi connectivity index (χ0v) is 51.6. The highest BCUT2D eigenvalue weighted by atomic mass is 19.3. The normalized spacial score (nSPS) is 20.0. The molecule has 480 valence electrons. The van der Waals surface area contributed by atoms with Crippen LogP contribution in [0.2, 0.25) is 0 Å². The maximum absolute atomic E-state index is 13.5. The zero-order valence-electron chi connectivity index (χ0n) is 51.6. The highest BCUT2D eigenvalue weighted by molar-refractivity contribution is 6.39. The van der Waals surface area contributed by atoms with Crippen LogP contribution in [-0.4, -0.2) is 122 Å². The first-order valence-corrected chi connectivity index (χ1v) is 30.9. The minimum absolute atomic E-state index is 0.0423. The van der Waals surface area contributed by atoms with Crippen LogP contribution in [0, 0.1) is 49.4 Å². The van der Waals surface area contributed by atoms with E-state index >= 15 is 0 Å². The molecule has 93 heavy (non-hydrogen) atoms. The molecule has 21 nitrogen and oxygen atoms in total. The van der Waals surface area contributed by atoms with E-state index in [0.29, 0.717) is 60.8 Å². The molecule has 7 aromatic rings. The molecular weight excluding hydrogens is 1190 g/mol. The molecular formula is C70H71F2N11O10. The Hall–Kier alpha value is -10.3. The van der Waals surface area contributed by atoms with Crippen molar-refractivity contribution in [1.82, 2.24) is 40.9 Å². The van der Waals surface area contributed by atoms with Gasteiger partial charge in [0.2, 0.25) is 41.0 Å². The summed E-state index contributed by atoms with van der Waals surface area (Å²) in [7, 11) is 0. The third kappa shape index (κ3) is 17.0. The number of hydrogen-bond acceptors (Lipinski definition) is 15. The predicted molar refractivity (Wildman–Crippen MR) is 338 cm³/mol. The second-order valence-electron chi connectivity index (χ2n) is 24.0. The van der Waals surface area contributed by atoms with E-state index in [9.17, 15) is 51.9 Å². The standard InChI is InChI=1S/C28H27N3O4.C21H22F2N4O3.C21H22N4O3/c32-26(27(33)29-21-14-15-21)23-17-31(28(34)22(23)16-19-8-3-1-4-9-19)24-12-7-13-25(30-24)35-18-20-10-5-2-6-11-20;1-13-17(9-24-12-26-13)27-10-16(18(28)19(29)25-11-21(2,22)23)15(20(27)30)8-14-6-4-3-5-7-14;1-13-18(10-22-12-23-13)25-11-17(19(26)20(27)24-15-7-8-15)16(21(25)28)9-14-5-3-2-4-6-14/h1-13,21-23H,14-18H2,(H,29,33);3-7,9,12,15-16H,8,10-11H2,1-2H3,(H,25,29);2-6,10,12,15-17H,7-9,11H2,1H3,(H,24,27)/t22-,23+;15-,16+;16-,17+/m111/s1. The van der Waals surface area contributed by atoms with Gasteiger partial charge in [-0.25, -0.2) is 28.7 Å². The number of aryl methyl sites for hydroxylation is 2. The van der Waals surface area contributed by atoms with Crippen LogP contribution in [0.5, 0.6) is 5.88 Å². The Balaban J connectivity index is 0.000000154. The van der Waals surface area contributed by atoms with E-state index in [1.54, 1.807) is 43.1 Å². The first-order chi connectivity index (χ1) is 44.8. The number of ketones is 3. The number of alkyl halides is 2. The van der Waals surface area contributed by atoms with Gasteiger partial charge in [0, 0.05) is 44.7 Å². The van der Waals surface area contributed by atoms with E-state index in [1.165, 1.54) is 28.7 Å². The maximum Gasteiger partial charge on any atom is 0.287 e. The Morgan fingerprint density at radius 1 is 0.505 bits per heavy atom. The Bertz CT molecular complexity index is 3860. The lowest BCUT2D eigenvalue weighted by molar-refractivity contribution is -0.142. The largest absolute Gasteiger partial charge is 0.473 e. The van der Waals surface area contributed by atoms with Gasteiger partial charge in [-0.1, -0.05) is 127 Å². The number of benzene rings is 4. The fraction of sp³-hybridized carbons (Fsp3) is 0.343. The molecule has 4 aromatic carbocycles. The van der Waals surface area contributed by atoms with Crippen molar-refractivity contribution >= 4 is 70.0 Å². The van der Waals surface area contributed by atoms with Crippen LogP contribution in [0.1, 0.15) is 66.2 Å². The average molecular weight is 1260 g/mol. The number of pyridine rings is 1. The first-order valence-electron chi connectivity index (χ1n) is 30.9. The number of nitrogens with zero attached hydrogens (tertiary/aromatic N) is 8. The Labute approximate surface area is 536 Å². The Morgan fingerprint density at radius 2 is 0.882 bits per heavy atom. The molecule has 3 aromatic heterocycles. The minimum atomic E-state index is -3.14. The van der Waals surface area contributed by atoms with Crippen LogP contribution in [0.25, 0.3) is 0 Å². The summed E-state index contributed by atoms with van der Waals surface area (Å²) in [5.41, 5.74) is 6.01. The van der Waals surface area contributed by atoms with Gasteiger partial charge in [0.05, 0.1) is 77.2 Å². The highest BCUT2D eigenvalue weighted by Gasteiger charge is 2.50. The highest BCUT2D eigenvalue weighted by Crippen LogP contribution is 2.37. The second kappa shape index (κ2) is 29.8. The number of amides is 6. The SMILES string of the molecule is Cc1ncncc1N1C[C@H](C(=O)C(=O)NC2CC2)[C@@H](Cc2ccccc2)C1=O.Cc1ncncc1N1C[C@H](C(=O)C(=O)NCC(C)(F)F)[C@@H](Cc2ccccc2)C1=O.O=C(NC1CC1)C(=O)[C@H]1CN(c2cccc(OCc3ccccc3)n2)C(=O)[C@@H]1Cc1ccccc1. The number of carbonyl (C=O) groups excluding carboxylic acids is 9. The topological polar surface area (TPSA) is 273 Å². The molecule has 0 radical (unpaired) electrons. The van der Waals surface area contributed by atoms with Gasteiger partial charge >= 0.3 is 0 Å². The van der Waals surface area contributed by atoms with E-state index in [4.69, 9.17) is 4.74 Å². The van der Waals surface area contributed by atoms with Crippen molar-refractivity contribution in [2.24, 2.45) is 35.5 Å². The summed E-state index contributed by atoms with van der Waals surface area (Å²) in [4.78, 5) is 141. The summed E-state index contributed by atoms with van der Waals surface area (Å²) in [6.07, 6.45) is 10.5. The van der Waals surface area contributed by atoms with Crippen LogP contribution in [0.4, 0.5) is 26.0 Å². The number of carbonyl (C=O) groups is 9. The molecule has 3 N–H and O–H groups in total. The molecule has 0 spiro atoms. The molecule has 6 amide bonds. The van der Waals surface area contributed by atoms with Crippen LogP contribution in [0.15, 0.2) is 165 Å². The molecule has 0 bridgehead atoms. The summed E-state index contributed by atoms with van der Waals surface area (Å²) >= 11 is 0. The van der Waals surface area contributed by atoms with E-state index in [2.05, 4.69) is 35.6 Å². The van der Waals surface area contributed by atoms with Gasteiger partial charge < -0.3 is 30.5 Å². The number of rotatable bonds is 22. The van der Waals surface area contributed by atoms with Gasteiger partial charge in [-0.05, 0) is 87.1 Å². The lowest BCUT2D eigenvalue weighted by Gasteiger charge is -2.17. The Morgan fingerprint density at radius 3 is 1.27 bits per heavy atom. The van der Waals surface area contributed by atoms with Crippen molar-refractivity contribution in [1.29, 1.82) is 0 Å². The number of Topliss-reactive ketones (excluding diaryl/α,β-unsaturated/α-hetero) is 3. The molecule has 2 aliphatic carbocycles. The molecule has 23 heteroatoms. The second-order valence-corrected chi connectivity index (χ2v) is 24.0. The van der Waals surface area contributed by atoms with E-state index in [1.807, 2.05) is 127 Å². The van der Waals surface area contributed by atoms with E-state index < -0.39 is 83.0 Å². The summed E-state index contributed by atoms with van der Waals surface area (Å²) in [6, 6.07) is 43.4. The average Bonchev–Trinajstić information content (AvgIpc) is 1.67. The minimum Gasteiger partial charge on any atom is -0.473 e. The van der Waals surface area contributed by atoms with Crippen LogP contribution in [-0.2, 0) is 69.0 Å². The van der Waals surface area contributed by atoms with E-state index in [-0.39, 0.29) is 55.9 Å². The summed E-state index contributed by atoms with van der Waals surface area (Å²) in [5, 5.41) is 7.50. The van der Waals surface area contributed by atoms with Crippen LogP contribution in [0.3, 0.4) is 0 Å². The van der Waals surface area contributed by atoms with Gasteiger partial charge in [0.1, 0.15) is 25.1 Å². The number of hydrogen-bond donors (Lipinski definition) is 3. The molecule has 2 saturated carbocycles. The lowest BCUT2D eigenvalue weighted by Crippen LogP contribution is -2.42. The fourth-order valence-corrected chi connectivity index (χ4v) is 11.5. The summed E-state index contributed by atoms with van der Waals surface area (Å²) in [6.45, 7) is 3.80. The van der Waals surface area contributed by atoms with Gasteiger partial charge in [-0.3, -0.25) is 48.1 Å². The maximum atomic E-state index is 13.5. The fourth-order valence-electron chi connectivity index (χ4n) is 11.5. The summed E-state index contributed by atoms with van der Waals surface area (Å²) in [5.74, 6) is -11.7. The molecule has 5 fully saturated rings. The molecule has 12 rings (SSSR count). The Kier molecular flexibility index (Phi) is 21.0. The van der Waals surface area contributed by atoms with Gasteiger partial charge in [0.15, 0.2) is 0 Å². The number of halogens is 2. The molecule has 3 saturated heterocycles. The molecule has 0 unspecified atom stereocenters. The van der Waals surface area contributed by atoms with Crippen molar-refractivity contribution < 1.29 is 56.7 Å². The lowest BCUT2D eigenvalue weighted by atomic mass is 9.86. The quantitative estimate of drug-likeness (QED) is 0.0594. The van der Waals surface area contributed by atoms with Crippen molar-refractivity contribution in [2.45, 2.75) is 90.3 Å². The predicted octanol–water partition coefficient (Wildman–Crippen LogP) is 6.73. The molecule has 6 heterocycles. The number of aromatic nitrogens is 5. The van der Waals surface area contributed by atoms with Crippen molar-refractivity contribution in [3.63, 3.8) is 0 Å². The monoisotopic (exact) mass is 1260 g/mol. The van der Waals surface area contributed by atoms with Crippen molar-refractivity contribution in [3.05, 3.63) is 198 Å². The van der Waals surface area contributed by atoms with Crippen LogP contribution < -0.4 is 35.4 Å². The number of anilines is 3. The van der Waals surface area contributed by atoms with E-state index in [0.717, 1.165) is 47.9 Å². The van der Waals surface area contributed by atoms with Gasteiger partial charge in [-0.2, -0.15) is 4.98 Å². The third-order valence-electron chi connectivity index (χ3n) is 16.9. The van der Waals surface area contributed by atoms with Gasteiger partial charge in [-0.15, -0.1) is 0 Å². The van der Waals surface area contributed by atoms with Crippen LogP contribution >= 0.6 is 0 Å². The van der Waals surface area contributed by atoms with Crippen molar-refractivity contribution in [2.75, 3.05) is 40.9 Å². The molecule has 6 atom stereocenters. The summed E-state index contributed by atoms with van der Waals surface area (Å²) < 4.78 is 32.0. The first kappa shape index (κ1) is 65.6. The zero-order chi connectivity index (χ0) is 65.8.